The lowest BCUT2D eigenvalue weighted by Crippen LogP contribution is -2.10. The second-order valence-electron chi connectivity index (χ2n) is 6.42. The van der Waals surface area contributed by atoms with Gasteiger partial charge in [0.1, 0.15) is 11.5 Å². The Morgan fingerprint density at radius 2 is 1.83 bits per heavy atom. The topological polar surface area (TPSA) is 59.3 Å². The Hall–Kier alpha value is -3.41. The van der Waals surface area contributed by atoms with Crippen molar-refractivity contribution in [1.29, 1.82) is 0 Å². The molecule has 0 saturated heterocycles. The summed E-state index contributed by atoms with van der Waals surface area (Å²) in [6.45, 7) is 0. The summed E-state index contributed by atoms with van der Waals surface area (Å²) in [5, 5.41) is 5.27. The van der Waals surface area contributed by atoms with Gasteiger partial charge in [0.2, 0.25) is 0 Å². The van der Waals surface area contributed by atoms with E-state index in [0.717, 1.165) is 5.56 Å². The van der Waals surface area contributed by atoms with Crippen LogP contribution in [0.4, 0.5) is 5.69 Å². The van der Waals surface area contributed by atoms with E-state index in [2.05, 4.69) is 5.32 Å². The molecule has 0 aliphatic carbocycles. The number of carbonyl (C=O) groups is 2. The molecule has 0 unspecified atom stereocenters. The number of furan rings is 1. The molecule has 1 amide bonds. The number of hydrogen-bond donors (Lipinski definition) is 1. The Morgan fingerprint density at radius 3 is 2.63 bits per heavy atom. The Bertz CT molecular complexity index is 1220. The summed E-state index contributed by atoms with van der Waals surface area (Å²) in [6.07, 6.45) is 3.06. The molecule has 0 bridgehead atoms. The number of amides is 1. The Kier molecular flexibility index (Phi) is 5.93. The van der Waals surface area contributed by atoms with E-state index in [4.69, 9.17) is 16.0 Å². The summed E-state index contributed by atoms with van der Waals surface area (Å²) in [4.78, 5) is 25.3. The fourth-order valence-electron chi connectivity index (χ4n) is 2.84. The summed E-state index contributed by atoms with van der Waals surface area (Å²) in [5.41, 5.74) is 1.90. The second-order valence-corrected chi connectivity index (χ2v) is 7.81. The lowest BCUT2D eigenvalue weighted by Gasteiger charge is -2.05. The zero-order valence-electron chi connectivity index (χ0n) is 15.7. The van der Waals surface area contributed by atoms with Crippen LogP contribution in [0.15, 0.2) is 88.7 Å². The summed E-state index contributed by atoms with van der Waals surface area (Å²) in [5.74, 6) is 0.834. The van der Waals surface area contributed by atoms with Gasteiger partial charge >= 0.3 is 0 Å². The van der Waals surface area contributed by atoms with Crippen LogP contribution in [0.2, 0.25) is 5.02 Å². The minimum atomic E-state index is -0.200. The van der Waals surface area contributed by atoms with Crippen LogP contribution in [0.1, 0.15) is 25.8 Å². The molecule has 2 aromatic carbocycles. The highest BCUT2D eigenvalue weighted by molar-refractivity contribution is 7.12. The van der Waals surface area contributed by atoms with Crippen molar-refractivity contribution >= 4 is 46.4 Å². The van der Waals surface area contributed by atoms with Gasteiger partial charge in [0.05, 0.1) is 4.88 Å². The fraction of sp³-hybridized carbons (Fsp3) is 0. The number of anilines is 1. The lowest BCUT2D eigenvalue weighted by atomic mass is 10.1. The maximum absolute atomic E-state index is 12.5. The van der Waals surface area contributed by atoms with Crippen molar-refractivity contribution in [3.63, 3.8) is 0 Å². The molecule has 4 nitrogen and oxygen atoms in total. The van der Waals surface area contributed by atoms with Crippen LogP contribution >= 0.6 is 22.9 Å². The van der Waals surface area contributed by atoms with Gasteiger partial charge in [-0.15, -0.1) is 11.3 Å². The first-order valence-corrected chi connectivity index (χ1v) is 10.4. The van der Waals surface area contributed by atoms with E-state index in [0.29, 0.717) is 32.7 Å². The quantitative estimate of drug-likeness (QED) is 0.268. The molecule has 148 valence electrons. The van der Waals surface area contributed by atoms with E-state index in [1.165, 1.54) is 17.4 Å². The fourth-order valence-corrected chi connectivity index (χ4v) is 3.65. The highest BCUT2D eigenvalue weighted by Gasteiger charge is 2.09. The molecule has 30 heavy (non-hydrogen) atoms. The minimum absolute atomic E-state index is 0.192. The highest BCUT2D eigenvalue weighted by atomic mass is 35.5. The number of rotatable bonds is 6. The van der Waals surface area contributed by atoms with Gasteiger partial charge in [0.15, 0.2) is 5.78 Å². The lowest BCUT2D eigenvalue weighted by molar-refractivity contribution is 0.102. The number of nitrogens with one attached hydrogen (secondary N) is 1. The molecule has 0 fully saturated rings. The van der Waals surface area contributed by atoms with Crippen LogP contribution < -0.4 is 5.32 Å². The van der Waals surface area contributed by atoms with Crippen molar-refractivity contribution in [1.82, 2.24) is 0 Å². The second kappa shape index (κ2) is 8.95. The molecule has 0 saturated carbocycles. The molecular formula is C24H16ClNO3S. The van der Waals surface area contributed by atoms with Crippen LogP contribution in [-0.2, 0) is 0 Å². The van der Waals surface area contributed by atoms with E-state index >= 15 is 0 Å². The van der Waals surface area contributed by atoms with E-state index < -0.39 is 0 Å². The monoisotopic (exact) mass is 433 g/mol. The third-order valence-corrected chi connectivity index (χ3v) is 5.39. The minimum Gasteiger partial charge on any atom is -0.457 e. The Balaban J connectivity index is 1.45. The molecule has 0 atom stereocenters. The average molecular weight is 434 g/mol. The van der Waals surface area contributed by atoms with Gasteiger partial charge < -0.3 is 9.73 Å². The number of halogens is 1. The van der Waals surface area contributed by atoms with Crippen LogP contribution in [0.3, 0.4) is 0 Å². The molecule has 0 aliphatic rings. The van der Waals surface area contributed by atoms with Crippen LogP contribution in [-0.4, -0.2) is 11.7 Å². The average Bonchev–Trinajstić information content (AvgIpc) is 3.44. The maximum Gasteiger partial charge on any atom is 0.265 e. The summed E-state index contributed by atoms with van der Waals surface area (Å²) in [7, 11) is 0. The van der Waals surface area contributed by atoms with Crippen molar-refractivity contribution in [2.24, 2.45) is 0 Å². The Morgan fingerprint density at radius 1 is 0.967 bits per heavy atom. The first-order chi connectivity index (χ1) is 14.6. The largest absolute Gasteiger partial charge is 0.457 e. The van der Waals surface area contributed by atoms with Crippen molar-refractivity contribution in [2.45, 2.75) is 0 Å². The molecule has 0 radical (unpaired) electrons. The van der Waals surface area contributed by atoms with Gasteiger partial charge in [-0.05, 0) is 60.0 Å². The number of hydrogen-bond acceptors (Lipinski definition) is 4. The van der Waals surface area contributed by atoms with Crippen LogP contribution in [0.25, 0.3) is 17.4 Å². The number of thiophene rings is 1. The molecule has 4 aromatic rings. The number of carbonyl (C=O) groups excluding carboxylic acids is 2. The summed E-state index contributed by atoms with van der Waals surface area (Å²) < 4.78 is 5.78. The SMILES string of the molecule is O=C(/C=C/c1ccc(-c2cccc(Cl)c2)o1)c1cccc(NC(=O)c2cccs2)c1. The highest BCUT2D eigenvalue weighted by Crippen LogP contribution is 2.25. The van der Waals surface area contributed by atoms with E-state index in [1.807, 2.05) is 35.7 Å². The Labute approximate surface area is 182 Å². The van der Waals surface area contributed by atoms with Crippen molar-refractivity contribution < 1.29 is 14.0 Å². The van der Waals surface area contributed by atoms with Crippen LogP contribution in [0.5, 0.6) is 0 Å². The van der Waals surface area contributed by atoms with Gasteiger partial charge in [0, 0.05) is 21.8 Å². The molecule has 0 aliphatic heterocycles. The molecule has 2 aromatic heterocycles. The first-order valence-electron chi connectivity index (χ1n) is 9.11. The normalized spacial score (nSPS) is 11.0. The number of allylic oxidation sites excluding steroid dienone is 1. The molecule has 6 heteroatoms. The molecular weight excluding hydrogens is 418 g/mol. The molecule has 1 N–H and O–H groups in total. The maximum atomic E-state index is 12.5. The van der Waals surface area contributed by atoms with Gasteiger partial charge in [-0.3, -0.25) is 9.59 Å². The van der Waals surface area contributed by atoms with Gasteiger partial charge in [-0.1, -0.05) is 41.9 Å². The van der Waals surface area contributed by atoms with Crippen LogP contribution in [0, 0.1) is 0 Å². The zero-order chi connectivity index (χ0) is 20.9. The van der Waals surface area contributed by atoms with Crippen molar-refractivity contribution in [3.8, 4) is 11.3 Å². The summed E-state index contributed by atoms with van der Waals surface area (Å²) in [6, 6.07) is 21.4. The van der Waals surface area contributed by atoms with Gasteiger partial charge in [-0.2, -0.15) is 0 Å². The van der Waals surface area contributed by atoms with Gasteiger partial charge in [0.25, 0.3) is 5.91 Å². The standard InChI is InChI=1S/C24H16ClNO3S/c25-18-6-1-5-17(14-18)22-12-10-20(29-22)9-11-21(27)16-4-2-7-19(15-16)26-24(28)23-8-3-13-30-23/h1-15H,(H,26,28)/b11-9+. The van der Waals surface area contributed by atoms with Gasteiger partial charge in [-0.25, -0.2) is 0 Å². The number of benzene rings is 2. The molecule has 0 spiro atoms. The smallest absolute Gasteiger partial charge is 0.265 e. The van der Waals surface area contributed by atoms with Crippen molar-refractivity contribution in [3.05, 3.63) is 105 Å². The third-order valence-electron chi connectivity index (χ3n) is 4.28. The van der Waals surface area contributed by atoms with E-state index in [9.17, 15) is 9.59 Å². The molecule has 2 heterocycles. The van der Waals surface area contributed by atoms with E-state index in [1.54, 1.807) is 48.5 Å². The predicted molar refractivity (Wildman–Crippen MR) is 121 cm³/mol. The number of ketones is 1. The first kappa shape index (κ1) is 19.9. The third kappa shape index (κ3) is 4.76. The zero-order valence-corrected chi connectivity index (χ0v) is 17.2. The van der Waals surface area contributed by atoms with E-state index in [-0.39, 0.29) is 11.7 Å². The predicted octanol–water partition coefficient (Wildman–Crippen LogP) is 6.81. The molecule has 4 rings (SSSR count). The van der Waals surface area contributed by atoms with Crippen molar-refractivity contribution in [2.75, 3.05) is 5.32 Å². The summed E-state index contributed by atoms with van der Waals surface area (Å²) >= 11 is 7.38.